The van der Waals surface area contributed by atoms with Crippen molar-refractivity contribution in [2.24, 2.45) is 0 Å². The summed E-state index contributed by atoms with van der Waals surface area (Å²) in [6.07, 6.45) is 4.09. The number of nitrogens with zero attached hydrogens (tertiary/aromatic N) is 1. The maximum Gasteiger partial charge on any atom is 0.131 e. The number of aliphatic hydroxyl groups is 1. The van der Waals surface area contributed by atoms with Gasteiger partial charge in [-0.2, -0.15) is 0 Å². The van der Waals surface area contributed by atoms with E-state index in [0.717, 1.165) is 18.4 Å². The maximum atomic E-state index is 11.4. The summed E-state index contributed by atoms with van der Waals surface area (Å²) in [6, 6.07) is 23.3. The second-order valence-corrected chi connectivity index (χ2v) is 6.36. The average Bonchev–Trinajstić information content (AvgIpc) is 2.64. The van der Waals surface area contributed by atoms with Gasteiger partial charge < -0.3 is 5.11 Å². The van der Waals surface area contributed by atoms with Gasteiger partial charge >= 0.3 is 0 Å². The molecule has 1 aromatic heterocycles. The van der Waals surface area contributed by atoms with Gasteiger partial charge in [-0.25, -0.2) is 0 Å². The second kappa shape index (κ2) is 7.61. The molecule has 0 spiro atoms. The zero-order valence-electron chi connectivity index (χ0n) is 13.4. The Bertz CT molecular complexity index is 759. The van der Waals surface area contributed by atoms with Crippen molar-refractivity contribution in [2.45, 2.75) is 24.9 Å². The first-order chi connectivity index (χ1) is 11.7. The first kappa shape index (κ1) is 16.7. The molecule has 0 saturated carbocycles. The fourth-order valence-electron chi connectivity index (χ4n) is 2.95. The molecule has 2 aromatic carbocycles. The van der Waals surface area contributed by atoms with Gasteiger partial charge in [-0.1, -0.05) is 60.1 Å². The summed E-state index contributed by atoms with van der Waals surface area (Å²) in [5, 5.41) is 12.1. The Morgan fingerprint density at radius 3 is 2.25 bits per heavy atom. The van der Waals surface area contributed by atoms with Gasteiger partial charge in [0.05, 0.1) is 5.69 Å². The lowest BCUT2D eigenvalue weighted by atomic mass is 9.84. The lowest BCUT2D eigenvalue weighted by molar-refractivity contribution is 0.0643. The summed E-state index contributed by atoms with van der Waals surface area (Å²) >= 11 is 5.99. The van der Waals surface area contributed by atoms with E-state index in [4.69, 9.17) is 11.6 Å². The standard InChI is InChI=1S/C21H20ClNO/c22-19-13-11-18(12-14-19)21(24,20-10-4-5-16-23-20)15-6-9-17-7-2-1-3-8-17/h1-5,7-8,10-14,16,24H,6,9,15H2/t21-/m1/s1. The van der Waals surface area contributed by atoms with E-state index in [0.29, 0.717) is 17.1 Å². The summed E-state index contributed by atoms with van der Waals surface area (Å²) < 4.78 is 0. The molecule has 0 unspecified atom stereocenters. The molecule has 3 aromatic rings. The fraction of sp³-hybridized carbons (Fsp3) is 0.190. The van der Waals surface area contributed by atoms with Crippen LogP contribution in [0.2, 0.25) is 5.02 Å². The number of pyridine rings is 1. The molecule has 3 heteroatoms. The van der Waals surface area contributed by atoms with Crippen molar-refractivity contribution in [3.63, 3.8) is 0 Å². The van der Waals surface area contributed by atoms with E-state index in [2.05, 4.69) is 17.1 Å². The summed E-state index contributed by atoms with van der Waals surface area (Å²) in [7, 11) is 0. The SMILES string of the molecule is O[C@](CCCc1ccccc1)(c1ccc(Cl)cc1)c1ccccn1. The molecule has 1 heterocycles. The first-order valence-electron chi connectivity index (χ1n) is 8.12. The molecule has 0 amide bonds. The van der Waals surface area contributed by atoms with Crippen LogP contribution in [0.15, 0.2) is 79.0 Å². The van der Waals surface area contributed by atoms with Gasteiger partial charge in [-0.05, 0) is 54.7 Å². The first-order valence-corrected chi connectivity index (χ1v) is 8.50. The van der Waals surface area contributed by atoms with Crippen molar-refractivity contribution in [1.82, 2.24) is 4.98 Å². The minimum absolute atomic E-state index is 0.598. The quantitative estimate of drug-likeness (QED) is 0.687. The van der Waals surface area contributed by atoms with Crippen molar-refractivity contribution in [1.29, 1.82) is 0 Å². The fourth-order valence-corrected chi connectivity index (χ4v) is 3.07. The lowest BCUT2D eigenvalue weighted by Crippen LogP contribution is -2.28. The van der Waals surface area contributed by atoms with Crippen molar-refractivity contribution < 1.29 is 5.11 Å². The number of hydrogen-bond acceptors (Lipinski definition) is 2. The van der Waals surface area contributed by atoms with Gasteiger partial charge in [0.2, 0.25) is 0 Å². The molecule has 0 aliphatic carbocycles. The lowest BCUT2D eigenvalue weighted by Gasteiger charge is -2.28. The predicted molar refractivity (Wildman–Crippen MR) is 98.1 cm³/mol. The van der Waals surface area contributed by atoms with Crippen LogP contribution in [-0.4, -0.2) is 10.1 Å². The van der Waals surface area contributed by atoms with Crippen LogP contribution in [-0.2, 0) is 12.0 Å². The van der Waals surface area contributed by atoms with Crippen molar-refractivity contribution in [3.05, 3.63) is 101 Å². The highest BCUT2D eigenvalue weighted by molar-refractivity contribution is 6.30. The third-order valence-electron chi connectivity index (χ3n) is 4.26. The molecule has 24 heavy (non-hydrogen) atoms. The smallest absolute Gasteiger partial charge is 0.131 e. The van der Waals surface area contributed by atoms with E-state index in [1.165, 1.54) is 5.56 Å². The molecule has 0 saturated heterocycles. The average molecular weight is 338 g/mol. The summed E-state index contributed by atoms with van der Waals surface area (Å²) in [5.41, 5.74) is 1.65. The van der Waals surface area contributed by atoms with Crippen LogP contribution in [0.3, 0.4) is 0 Å². The molecular weight excluding hydrogens is 318 g/mol. The minimum atomic E-state index is -1.11. The molecule has 122 valence electrons. The molecule has 3 rings (SSSR count). The molecule has 1 atom stereocenters. The maximum absolute atomic E-state index is 11.4. The monoisotopic (exact) mass is 337 g/mol. The molecule has 0 aliphatic heterocycles. The Hall–Kier alpha value is -2.16. The number of hydrogen-bond donors (Lipinski definition) is 1. The number of rotatable bonds is 6. The Labute approximate surface area is 147 Å². The summed E-state index contributed by atoms with van der Waals surface area (Å²) in [4.78, 5) is 4.39. The van der Waals surface area contributed by atoms with E-state index in [-0.39, 0.29) is 0 Å². The van der Waals surface area contributed by atoms with E-state index in [1.807, 2.05) is 60.7 Å². The Kier molecular flexibility index (Phi) is 5.29. The van der Waals surface area contributed by atoms with Crippen LogP contribution in [0.4, 0.5) is 0 Å². The highest BCUT2D eigenvalue weighted by Crippen LogP contribution is 2.34. The molecule has 0 radical (unpaired) electrons. The van der Waals surface area contributed by atoms with Crippen LogP contribution in [0.1, 0.15) is 29.7 Å². The van der Waals surface area contributed by atoms with Crippen LogP contribution < -0.4 is 0 Å². The Balaban J connectivity index is 1.83. The molecular formula is C21H20ClNO. The van der Waals surface area contributed by atoms with Gasteiger partial charge in [0.1, 0.15) is 5.60 Å². The number of benzene rings is 2. The van der Waals surface area contributed by atoms with E-state index in [9.17, 15) is 5.11 Å². The van der Waals surface area contributed by atoms with Crippen molar-refractivity contribution in [2.75, 3.05) is 0 Å². The van der Waals surface area contributed by atoms with E-state index < -0.39 is 5.60 Å². The van der Waals surface area contributed by atoms with E-state index in [1.54, 1.807) is 6.20 Å². The normalized spacial score (nSPS) is 13.4. The van der Waals surface area contributed by atoms with Gasteiger partial charge in [-0.15, -0.1) is 0 Å². The van der Waals surface area contributed by atoms with Crippen LogP contribution in [0.5, 0.6) is 0 Å². The molecule has 0 aliphatic rings. The predicted octanol–water partition coefficient (Wildman–Crippen LogP) is 4.99. The van der Waals surface area contributed by atoms with Crippen molar-refractivity contribution in [3.8, 4) is 0 Å². The number of aryl methyl sites for hydroxylation is 1. The zero-order chi connectivity index (χ0) is 16.8. The molecule has 0 fully saturated rings. The number of halogens is 1. The van der Waals surface area contributed by atoms with Crippen LogP contribution in [0, 0.1) is 0 Å². The van der Waals surface area contributed by atoms with Gasteiger partial charge in [0.25, 0.3) is 0 Å². The Morgan fingerprint density at radius 1 is 0.875 bits per heavy atom. The molecule has 0 bridgehead atoms. The molecule has 2 nitrogen and oxygen atoms in total. The van der Waals surface area contributed by atoms with Gasteiger partial charge in [0, 0.05) is 11.2 Å². The largest absolute Gasteiger partial charge is 0.379 e. The third-order valence-corrected chi connectivity index (χ3v) is 4.51. The van der Waals surface area contributed by atoms with Gasteiger partial charge in [0.15, 0.2) is 0 Å². The summed E-state index contributed by atoms with van der Waals surface area (Å²) in [6.45, 7) is 0. The number of aromatic nitrogens is 1. The van der Waals surface area contributed by atoms with Crippen LogP contribution >= 0.6 is 11.6 Å². The topological polar surface area (TPSA) is 33.1 Å². The van der Waals surface area contributed by atoms with Gasteiger partial charge in [-0.3, -0.25) is 4.98 Å². The zero-order valence-corrected chi connectivity index (χ0v) is 14.2. The van der Waals surface area contributed by atoms with E-state index >= 15 is 0 Å². The minimum Gasteiger partial charge on any atom is -0.379 e. The second-order valence-electron chi connectivity index (χ2n) is 5.92. The van der Waals surface area contributed by atoms with Crippen molar-refractivity contribution >= 4 is 11.6 Å². The third kappa shape index (κ3) is 3.84. The summed E-state index contributed by atoms with van der Waals surface area (Å²) in [5.74, 6) is 0. The highest BCUT2D eigenvalue weighted by Gasteiger charge is 2.32. The highest BCUT2D eigenvalue weighted by atomic mass is 35.5. The Morgan fingerprint density at radius 2 is 1.58 bits per heavy atom. The van der Waals surface area contributed by atoms with Crippen LogP contribution in [0.25, 0.3) is 0 Å². The molecule has 1 N–H and O–H groups in total.